The molecule has 90 valence electrons. The highest BCUT2D eigenvalue weighted by Gasteiger charge is 2.38. The van der Waals surface area contributed by atoms with Crippen molar-refractivity contribution in [1.29, 1.82) is 5.26 Å². The topological polar surface area (TPSA) is 48.5 Å². The predicted octanol–water partition coefficient (Wildman–Crippen LogP) is 4.06. The van der Waals surface area contributed by atoms with Crippen LogP contribution >= 0.6 is 15.9 Å². The van der Waals surface area contributed by atoms with Crippen molar-refractivity contribution in [1.82, 2.24) is 0 Å². The minimum absolute atomic E-state index is 0.0309. The van der Waals surface area contributed by atoms with Gasteiger partial charge >= 0.3 is 6.18 Å². The van der Waals surface area contributed by atoms with Crippen LogP contribution in [0.25, 0.3) is 0 Å². The highest BCUT2D eigenvalue weighted by atomic mass is 79.9. The monoisotopic (exact) mass is 309 g/mol. The number of nitrogens with zero attached hydrogens (tertiary/aromatic N) is 3. The molecule has 0 bridgehead atoms. The van der Waals surface area contributed by atoms with E-state index in [0.717, 1.165) is 18.2 Å². The molecule has 17 heavy (non-hydrogen) atoms. The molecule has 0 aliphatic rings. The summed E-state index contributed by atoms with van der Waals surface area (Å²) < 4.78 is 49.0. The standard InChI is InChI=1S/C9H4BrF4N3/c10-8(9(12,13)14)17-16-6-1-2-7(11)5(3-6)4-15/h1-3,8H. The van der Waals surface area contributed by atoms with Gasteiger partial charge in [0, 0.05) is 0 Å². The molecule has 1 aromatic rings. The normalized spacial score (nSPS) is 13.6. The SMILES string of the molecule is N#Cc1cc(N=NC(Br)C(F)(F)F)ccc1F. The lowest BCUT2D eigenvalue weighted by Gasteiger charge is -2.07. The van der Waals surface area contributed by atoms with Crippen LogP contribution in [0.15, 0.2) is 28.4 Å². The Morgan fingerprint density at radius 2 is 2.00 bits per heavy atom. The molecule has 0 spiro atoms. The number of rotatable bonds is 2. The van der Waals surface area contributed by atoms with Crippen LogP contribution in [0.4, 0.5) is 23.2 Å². The zero-order chi connectivity index (χ0) is 13.1. The van der Waals surface area contributed by atoms with Gasteiger partial charge in [-0.05, 0) is 18.2 Å². The zero-order valence-electron chi connectivity index (χ0n) is 8.04. The summed E-state index contributed by atoms with van der Waals surface area (Å²) >= 11 is 2.28. The lowest BCUT2D eigenvalue weighted by molar-refractivity contribution is -0.126. The Labute approximate surface area is 102 Å². The quantitative estimate of drug-likeness (QED) is 0.352. The first kappa shape index (κ1) is 13.6. The van der Waals surface area contributed by atoms with Gasteiger partial charge in [0.1, 0.15) is 11.9 Å². The van der Waals surface area contributed by atoms with Crippen molar-refractivity contribution >= 4 is 21.6 Å². The average Bonchev–Trinajstić information content (AvgIpc) is 2.26. The molecule has 0 aliphatic heterocycles. The summed E-state index contributed by atoms with van der Waals surface area (Å²) in [6, 6.07) is 4.61. The maximum Gasteiger partial charge on any atom is 0.422 e. The summed E-state index contributed by atoms with van der Waals surface area (Å²) in [7, 11) is 0. The molecule has 1 rings (SSSR count). The van der Waals surface area contributed by atoms with E-state index < -0.39 is 16.9 Å². The molecule has 0 saturated carbocycles. The Morgan fingerprint density at radius 3 is 2.53 bits per heavy atom. The van der Waals surface area contributed by atoms with Crippen molar-refractivity contribution in [2.75, 3.05) is 0 Å². The van der Waals surface area contributed by atoms with E-state index in [-0.39, 0.29) is 11.3 Å². The van der Waals surface area contributed by atoms with Crippen LogP contribution in [-0.4, -0.2) is 11.1 Å². The van der Waals surface area contributed by atoms with Crippen LogP contribution in [0.2, 0.25) is 0 Å². The molecule has 0 N–H and O–H groups in total. The Hall–Kier alpha value is -1.49. The van der Waals surface area contributed by atoms with Crippen LogP contribution in [0.1, 0.15) is 5.56 Å². The fourth-order valence-corrected chi connectivity index (χ4v) is 0.936. The van der Waals surface area contributed by atoms with Crippen LogP contribution in [-0.2, 0) is 0 Å². The van der Waals surface area contributed by atoms with Gasteiger partial charge in [-0.1, -0.05) is 15.9 Å². The van der Waals surface area contributed by atoms with Crippen molar-refractivity contribution in [2.45, 2.75) is 11.1 Å². The minimum atomic E-state index is -4.55. The molecule has 0 radical (unpaired) electrons. The van der Waals surface area contributed by atoms with Gasteiger partial charge in [0.15, 0.2) is 0 Å². The van der Waals surface area contributed by atoms with E-state index in [0.29, 0.717) is 0 Å². The molecule has 1 unspecified atom stereocenters. The van der Waals surface area contributed by atoms with E-state index in [1.54, 1.807) is 6.07 Å². The number of alkyl halides is 4. The Kier molecular flexibility index (Phi) is 4.17. The summed E-state index contributed by atoms with van der Waals surface area (Å²) in [6.07, 6.45) is -4.55. The average molecular weight is 310 g/mol. The smallest absolute Gasteiger partial charge is 0.206 e. The molecule has 0 amide bonds. The van der Waals surface area contributed by atoms with Gasteiger partial charge in [0.2, 0.25) is 4.95 Å². The first-order valence-electron chi connectivity index (χ1n) is 4.16. The van der Waals surface area contributed by atoms with Gasteiger partial charge in [0.05, 0.1) is 11.3 Å². The fraction of sp³-hybridized carbons (Fsp3) is 0.222. The second-order valence-electron chi connectivity index (χ2n) is 2.87. The largest absolute Gasteiger partial charge is 0.422 e. The molecule has 0 aromatic heterocycles. The fourth-order valence-electron chi connectivity index (χ4n) is 0.844. The third kappa shape index (κ3) is 3.78. The Balaban J connectivity index is 2.90. The van der Waals surface area contributed by atoms with E-state index >= 15 is 0 Å². The van der Waals surface area contributed by atoms with Gasteiger partial charge in [-0.2, -0.15) is 28.7 Å². The van der Waals surface area contributed by atoms with E-state index in [1.807, 2.05) is 0 Å². The third-order valence-corrected chi connectivity index (χ3v) is 2.32. The second-order valence-corrected chi connectivity index (χ2v) is 3.74. The lowest BCUT2D eigenvalue weighted by atomic mass is 10.2. The molecular formula is C9H4BrF4N3. The Morgan fingerprint density at radius 1 is 1.35 bits per heavy atom. The highest BCUT2D eigenvalue weighted by Crippen LogP contribution is 2.28. The van der Waals surface area contributed by atoms with Crippen LogP contribution < -0.4 is 0 Å². The number of nitriles is 1. The molecule has 1 aromatic carbocycles. The molecule has 0 aliphatic carbocycles. The van der Waals surface area contributed by atoms with Crippen molar-refractivity contribution in [3.8, 4) is 6.07 Å². The van der Waals surface area contributed by atoms with Crippen molar-refractivity contribution < 1.29 is 17.6 Å². The lowest BCUT2D eigenvalue weighted by Crippen LogP contribution is -2.19. The summed E-state index contributed by atoms with van der Waals surface area (Å²) in [5, 5.41) is 14.7. The van der Waals surface area contributed by atoms with E-state index in [2.05, 4.69) is 26.2 Å². The molecule has 0 heterocycles. The zero-order valence-corrected chi connectivity index (χ0v) is 9.63. The second kappa shape index (κ2) is 5.23. The minimum Gasteiger partial charge on any atom is -0.206 e. The van der Waals surface area contributed by atoms with Gasteiger partial charge in [-0.25, -0.2) is 4.39 Å². The summed E-state index contributed by atoms with van der Waals surface area (Å²) in [5.41, 5.74) is -0.337. The van der Waals surface area contributed by atoms with E-state index in [1.165, 1.54) is 0 Å². The van der Waals surface area contributed by atoms with Crippen LogP contribution in [0.3, 0.4) is 0 Å². The number of hydrogen-bond donors (Lipinski definition) is 0. The number of benzene rings is 1. The number of hydrogen-bond acceptors (Lipinski definition) is 3. The predicted molar refractivity (Wildman–Crippen MR) is 54.4 cm³/mol. The summed E-state index contributed by atoms with van der Waals surface area (Å²) in [6.45, 7) is 0. The molecular weight excluding hydrogens is 306 g/mol. The van der Waals surface area contributed by atoms with Gasteiger partial charge in [-0.15, -0.1) is 0 Å². The number of azo groups is 1. The Bertz CT molecular complexity index is 478. The highest BCUT2D eigenvalue weighted by molar-refractivity contribution is 9.09. The molecule has 0 saturated heterocycles. The third-order valence-electron chi connectivity index (χ3n) is 1.62. The van der Waals surface area contributed by atoms with Gasteiger partial charge in [-0.3, -0.25) is 0 Å². The van der Waals surface area contributed by atoms with Crippen molar-refractivity contribution in [2.24, 2.45) is 10.2 Å². The van der Waals surface area contributed by atoms with Crippen LogP contribution in [0, 0.1) is 17.1 Å². The molecule has 3 nitrogen and oxygen atoms in total. The van der Waals surface area contributed by atoms with Crippen LogP contribution in [0.5, 0.6) is 0 Å². The van der Waals surface area contributed by atoms with E-state index in [4.69, 9.17) is 5.26 Å². The maximum atomic E-state index is 12.9. The summed E-state index contributed by atoms with van der Waals surface area (Å²) in [4.78, 5) is -2.13. The molecule has 0 fully saturated rings. The van der Waals surface area contributed by atoms with Gasteiger partial charge in [0.25, 0.3) is 0 Å². The summed E-state index contributed by atoms with van der Waals surface area (Å²) in [5.74, 6) is -0.766. The van der Waals surface area contributed by atoms with Gasteiger partial charge < -0.3 is 0 Å². The first-order chi connectivity index (χ1) is 7.84. The first-order valence-corrected chi connectivity index (χ1v) is 5.07. The maximum absolute atomic E-state index is 12.9. The number of halogens is 5. The van der Waals surface area contributed by atoms with Crippen molar-refractivity contribution in [3.63, 3.8) is 0 Å². The van der Waals surface area contributed by atoms with E-state index in [9.17, 15) is 17.6 Å². The van der Waals surface area contributed by atoms with Crippen molar-refractivity contribution in [3.05, 3.63) is 29.6 Å². The molecule has 1 atom stereocenters. The molecule has 8 heteroatoms.